The zero-order chi connectivity index (χ0) is 10.0. The Morgan fingerprint density at radius 1 is 1.38 bits per heavy atom. The molecule has 0 radical (unpaired) electrons. The third-order valence-corrected chi connectivity index (χ3v) is 1.63. The lowest BCUT2D eigenvalue weighted by atomic mass is 10.1. The van der Waals surface area contributed by atoms with Gasteiger partial charge in [-0.05, 0) is 19.1 Å². The minimum atomic E-state index is -0.949. The molecule has 0 aliphatic carbocycles. The molecule has 0 atom stereocenters. The number of carbonyl (C=O) groups excluding carboxylic acids is 1. The summed E-state index contributed by atoms with van der Waals surface area (Å²) in [4.78, 5) is 10.8. The van der Waals surface area contributed by atoms with E-state index in [1.165, 1.54) is 6.92 Å². The van der Waals surface area contributed by atoms with Crippen LogP contribution < -0.4 is 4.74 Å². The monoisotopic (exact) mass is 186 g/mol. The quantitative estimate of drug-likeness (QED) is 0.661. The van der Waals surface area contributed by atoms with Gasteiger partial charge in [0.25, 0.3) is 0 Å². The standard InChI is InChI=1S/C9H8F2O2/c1-5(12)6-3-4-7(10)9(13-2)8(6)11/h3-4H,1-2H3. The van der Waals surface area contributed by atoms with Crippen molar-refractivity contribution in [3.63, 3.8) is 0 Å². The lowest BCUT2D eigenvalue weighted by Gasteiger charge is -2.05. The Balaban J connectivity index is 3.35. The fraction of sp³-hybridized carbons (Fsp3) is 0.222. The van der Waals surface area contributed by atoms with Crippen LogP contribution in [0.4, 0.5) is 8.78 Å². The maximum atomic E-state index is 13.2. The van der Waals surface area contributed by atoms with Crippen LogP contribution in [0.1, 0.15) is 17.3 Å². The number of carbonyl (C=O) groups is 1. The summed E-state index contributed by atoms with van der Waals surface area (Å²) in [5.74, 6) is -2.75. The highest BCUT2D eigenvalue weighted by molar-refractivity contribution is 5.94. The molecular weight excluding hydrogens is 178 g/mol. The van der Waals surface area contributed by atoms with Gasteiger partial charge in [0.2, 0.25) is 0 Å². The molecule has 0 saturated carbocycles. The van der Waals surface area contributed by atoms with Gasteiger partial charge in [0.15, 0.2) is 23.2 Å². The molecule has 70 valence electrons. The summed E-state index contributed by atoms with van der Waals surface area (Å²) >= 11 is 0. The molecule has 0 aromatic heterocycles. The van der Waals surface area contributed by atoms with Crippen LogP contribution in [0.3, 0.4) is 0 Å². The largest absolute Gasteiger partial charge is 0.491 e. The summed E-state index contributed by atoms with van der Waals surface area (Å²) < 4.78 is 30.5. The Morgan fingerprint density at radius 3 is 2.46 bits per heavy atom. The molecule has 0 spiro atoms. The van der Waals surface area contributed by atoms with Gasteiger partial charge in [-0.1, -0.05) is 0 Å². The predicted molar refractivity (Wildman–Crippen MR) is 42.9 cm³/mol. The van der Waals surface area contributed by atoms with Crippen molar-refractivity contribution in [2.24, 2.45) is 0 Å². The second-order valence-corrected chi connectivity index (χ2v) is 2.50. The summed E-state index contributed by atoms with van der Waals surface area (Å²) in [5, 5.41) is 0. The Hall–Kier alpha value is -1.45. The smallest absolute Gasteiger partial charge is 0.191 e. The van der Waals surface area contributed by atoms with Crippen molar-refractivity contribution in [2.45, 2.75) is 6.92 Å². The van der Waals surface area contributed by atoms with E-state index in [0.717, 1.165) is 19.2 Å². The molecule has 0 bridgehead atoms. The molecule has 0 saturated heterocycles. The van der Waals surface area contributed by atoms with Crippen molar-refractivity contribution in [3.8, 4) is 5.75 Å². The Kier molecular flexibility index (Phi) is 2.60. The Bertz CT molecular complexity index is 348. The van der Waals surface area contributed by atoms with E-state index in [2.05, 4.69) is 4.74 Å². The molecule has 0 unspecified atom stereocenters. The van der Waals surface area contributed by atoms with E-state index in [0.29, 0.717) is 0 Å². The number of hydrogen-bond acceptors (Lipinski definition) is 2. The molecule has 0 amide bonds. The molecule has 1 aromatic rings. The number of halogens is 2. The first-order valence-corrected chi connectivity index (χ1v) is 3.61. The topological polar surface area (TPSA) is 26.3 Å². The molecule has 13 heavy (non-hydrogen) atoms. The summed E-state index contributed by atoms with van der Waals surface area (Å²) in [6.07, 6.45) is 0. The fourth-order valence-electron chi connectivity index (χ4n) is 0.992. The van der Waals surface area contributed by atoms with Gasteiger partial charge in [0, 0.05) is 0 Å². The van der Waals surface area contributed by atoms with Crippen LogP contribution in [0.15, 0.2) is 12.1 Å². The molecule has 4 heteroatoms. The predicted octanol–water partition coefficient (Wildman–Crippen LogP) is 2.18. The van der Waals surface area contributed by atoms with E-state index in [1.54, 1.807) is 0 Å². The normalized spacial score (nSPS) is 9.85. The van der Waals surface area contributed by atoms with Gasteiger partial charge in [-0.2, -0.15) is 0 Å². The minimum absolute atomic E-state index is 0.168. The minimum Gasteiger partial charge on any atom is -0.491 e. The van der Waals surface area contributed by atoms with Crippen LogP contribution in [0.2, 0.25) is 0 Å². The molecule has 2 nitrogen and oxygen atoms in total. The first-order valence-electron chi connectivity index (χ1n) is 3.61. The molecule has 0 fully saturated rings. The third kappa shape index (κ3) is 1.66. The number of hydrogen-bond donors (Lipinski definition) is 0. The molecule has 1 aromatic carbocycles. The van der Waals surface area contributed by atoms with E-state index >= 15 is 0 Å². The SMILES string of the molecule is COc1c(F)ccc(C(C)=O)c1F. The Morgan fingerprint density at radius 2 is 2.00 bits per heavy atom. The maximum Gasteiger partial charge on any atom is 0.191 e. The van der Waals surface area contributed by atoms with Crippen LogP contribution in [-0.2, 0) is 0 Å². The van der Waals surface area contributed by atoms with Crippen LogP contribution in [0.25, 0.3) is 0 Å². The highest BCUT2D eigenvalue weighted by atomic mass is 19.1. The van der Waals surface area contributed by atoms with E-state index in [-0.39, 0.29) is 5.56 Å². The third-order valence-electron chi connectivity index (χ3n) is 1.63. The van der Waals surface area contributed by atoms with Gasteiger partial charge in [-0.15, -0.1) is 0 Å². The first-order chi connectivity index (χ1) is 6.07. The first kappa shape index (κ1) is 9.64. The van der Waals surface area contributed by atoms with Gasteiger partial charge in [-0.25, -0.2) is 8.78 Å². The number of ether oxygens (including phenoxy) is 1. The van der Waals surface area contributed by atoms with Crippen molar-refractivity contribution in [3.05, 3.63) is 29.3 Å². The number of ketones is 1. The molecule has 0 aliphatic heterocycles. The lowest BCUT2D eigenvalue weighted by Crippen LogP contribution is -2.01. The molecular formula is C9H8F2O2. The molecule has 1 rings (SSSR count). The highest BCUT2D eigenvalue weighted by Gasteiger charge is 2.16. The van der Waals surface area contributed by atoms with Crippen molar-refractivity contribution in [1.82, 2.24) is 0 Å². The number of Topliss-reactive ketones (excluding diaryl/α,β-unsaturated/α-hetero) is 1. The van der Waals surface area contributed by atoms with Gasteiger partial charge in [0.05, 0.1) is 12.7 Å². The summed E-state index contributed by atoms with van der Waals surface area (Å²) in [5.41, 5.74) is -0.168. The van der Waals surface area contributed by atoms with Gasteiger partial charge in [0.1, 0.15) is 0 Å². The zero-order valence-electron chi connectivity index (χ0n) is 7.23. The van der Waals surface area contributed by atoms with Crippen LogP contribution in [-0.4, -0.2) is 12.9 Å². The van der Waals surface area contributed by atoms with Crippen molar-refractivity contribution in [1.29, 1.82) is 0 Å². The number of benzene rings is 1. The summed E-state index contributed by atoms with van der Waals surface area (Å²) in [6.45, 7) is 1.20. The fourth-order valence-corrected chi connectivity index (χ4v) is 0.992. The van der Waals surface area contributed by atoms with Crippen molar-refractivity contribution in [2.75, 3.05) is 7.11 Å². The average Bonchev–Trinajstić information content (AvgIpc) is 2.04. The molecule has 0 aliphatic rings. The van der Waals surface area contributed by atoms with E-state index in [4.69, 9.17) is 0 Å². The van der Waals surface area contributed by atoms with Gasteiger partial charge in [-0.3, -0.25) is 4.79 Å². The molecule has 0 N–H and O–H groups in total. The van der Waals surface area contributed by atoms with E-state index in [9.17, 15) is 13.6 Å². The second kappa shape index (κ2) is 3.51. The molecule has 0 heterocycles. The Labute approximate surface area is 74.1 Å². The number of rotatable bonds is 2. The van der Waals surface area contributed by atoms with E-state index in [1.807, 2.05) is 0 Å². The van der Waals surface area contributed by atoms with Crippen molar-refractivity contribution >= 4 is 5.78 Å². The van der Waals surface area contributed by atoms with Crippen LogP contribution >= 0.6 is 0 Å². The highest BCUT2D eigenvalue weighted by Crippen LogP contribution is 2.24. The summed E-state index contributed by atoms with van der Waals surface area (Å²) in [6, 6.07) is 2.09. The summed E-state index contributed by atoms with van der Waals surface area (Å²) in [7, 11) is 1.14. The number of methoxy groups -OCH3 is 1. The average molecular weight is 186 g/mol. The zero-order valence-corrected chi connectivity index (χ0v) is 7.23. The van der Waals surface area contributed by atoms with Crippen molar-refractivity contribution < 1.29 is 18.3 Å². The second-order valence-electron chi connectivity index (χ2n) is 2.50. The van der Waals surface area contributed by atoms with Gasteiger partial charge >= 0.3 is 0 Å². The van der Waals surface area contributed by atoms with E-state index < -0.39 is 23.2 Å². The lowest BCUT2D eigenvalue weighted by molar-refractivity contribution is 0.101. The van der Waals surface area contributed by atoms with Gasteiger partial charge < -0.3 is 4.74 Å². The maximum absolute atomic E-state index is 13.2. The van der Waals surface area contributed by atoms with Crippen LogP contribution in [0, 0.1) is 11.6 Å². The van der Waals surface area contributed by atoms with Crippen LogP contribution in [0.5, 0.6) is 5.75 Å².